The lowest BCUT2D eigenvalue weighted by Crippen LogP contribution is -1.80. The van der Waals surface area contributed by atoms with Crippen molar-refractivity contribution in [3.05, 3.63) is 90.0 Å². The molecule has 1 heteroatoms. The Morgan fingerprint density at radius 2 is 1.29 bits per heavy atom. The van der Waals surface area contributed by atoms with E-state index in [4.69, 9.17) is 0 Å². The number of rotatable bonds is 3. The molecule has 102 valence electrons. The Morgan fingerprint density at radius 3 is 2.00 bits per heavy atom. The van der Waals surface area contributed by atoms with E-state index < -0.39 is 0 Å². The molecule has 0 aromatic heterocycles. The Bertz CT molecular complexity index is 743. The second-order valence-corrected chi connectivity index (χ2v) is 4.88. The van der Waals surface area contributed by atoms with E-state index >= 15 is 0 Å². The lowest BCUT2D eigenvalue weighted by molar-refractivity contribution is 0.474. The minimum atomic E-state index is 0.293. The number of hydrogen-bond donors (Lipinski definition) is 1. The monoisotopic (exact) mass is 272 g/mol. The van der Waals surface area contributed by atoms with Crippen molar-refractivity contribution in [3.63, 3.8) is 0 Å². The van der Waals surface area contributed by atoms with Crippen LogP contribution in [0.1, 0.15) is 11.1 Å². The molecule has 0 aliphatic heterocycles. The molecule has 3 rings (SSSR count). The van der Waals surface area contributed by atoms with E-state index in [0.29, 0.717) is 5.75 Å². The molecule has 0 aliphatic rings. The van der Waals surface area contributed by atoms with Crippen LogP contribution in [0.5, 0.6) is 5.75 Å². The molecule has 0 heterocycles. The van der Waals surface area contributed by atoms with Gasteiger partial charge in [0.15, 0.2) is 0 Å². The molecule has 3 aromatic carbocycles. The predicted octanol–water partition coefficient (Wildman–Crippen LogP) is 5.23. The summed E-state index contributed by atoms with van der Waals surface area (Å²) in [6.07, 6.45) is 3.95. The maximum atomic E-state index is 10.0. The fraction of sp³-hybridized carbons (Fsp3) is 0. The van der Waals surface area contributed by atoms with Gasteiger partial charge in [-0.05, 0) is 28.8 Å². The minimum absolute atomic E-state index is 0.293. The van der Waals surface area contributed by atoms with Crippen molar-refractivity contribution in [2.75, 3.05) is 0 Å². The first-order valence-electron chi connectivity index (χ1n) is 6.94. The molecule has 0 saturated heterocycles. The average molecular weight is 272 g/mol. The molecular weight excluding hydrogens is 256 g/mol. The van der Waals surface area contributed by atoms with Gasteiger partial charge in [-0.25, -0.2) is 0 Å². The van der Waals surface area contributed by atoms with E-state index in [1.165, 1.54) is 0 Å². The SMILES string of the molecule is Oc1ccc(-c2ccccc2)cc1C=Cc1ccccc1. The number of phenolic OH excluding ortho intramolecular Hbond substituents is 1. The van der Waals surface area contributed by atoms with Crippen LogP contribution in [0.25, 0.3) is 23.3 Å². The van der Waals surface area contributed by atoms with Gasteiger partial charge in [0.1, 0.15) is 5.75 Å². The van der Waals surface area contributed by atoms with E-state index in [9.17, 15) is 5.11 Å². The second-order valence-electron chi connectivity index (χ2n) is 4.88. The average Bonchev–Trinajstić information content (AvgIpc) is 2.56. The van der Waals surface area contributed by atoms with Crippen molar-refractivity contribution in [2.24, 2.45) is 0 Å². The predicted molar refractivity (Wildman–Crippen MR) is 88.9 cm³/mol. The van der Waals surface area contributed by atoms with Crippen LogP contribution in [-0.4, -0.2) is 5.11 Å². The van der Waals surface area contributed by atoms with E-state index in [-0.39, 0.29) is 0 Å². The van der Waals surface area contributed by atoms with Crippen molar-refractivity contribution >= 4 is 12.2 Å². The van der Waals surface area contributed by atoms with Gasteiger partial charge in [-0.2, -0.15) is 0 Å². The third-order valence-electron chi connectivity index (χ3n) is 3.39. The maximum absolute atomic E-state index is 10.0. The van der Waals surface area contributed by atoms with Crippen molar-refractivity contribution in [3.8, 4) is 16.9 Å². The Kier molecular flexibility index (Phi) is 3.83. The summed E-state index contributed by atoms with van der Waals surface area (Å²) in [4.78, 5) is 0. The quantitative estimate of drug-likeness (QED) is 0.647. The van der Waals surface area contributed by atoms with Crippen molar-refractivity contribution in [1.82, 2.24) is 0 Å². The van der Waals surface area contributed by atoms with E-state index in [1.54, 1.807) is 6.07 Å². The van der Waals surface area contributed by atoms with Gasteiger partial charge < -0.3 is 5.11 Å². The van der Waals surface area contributed by atoms with Gasteiger partial charge in [-0.3, -0.25) is 0 Å². The lowest BCUT2D eigenvalue weighted by atomic mass is 10.0. The minimum Gasteiger partial charge on any atom is -0.507 e. The van der Waals surface area contributed by atoms with Gasteiger partial charge in [-0.15, -0.1) is 0 Å². The summed E-state index contributed by atoms with van der Waals surface area (Å²) in [6, 6.07) is 25.9. The summed E-state index contributed by atoms with van der Waals surface area (Å²) >= 11 is 0. The fourth-order valence-electron chi connectivity index (χ4n) is 2.25. The second kappa shape index (κ2) is 6.10. The third kappa shape index (κ3) is 3.21. The van der Waals surface area contributed by atoms with E-state index in [0.717, 1.165) is 22.3 Å². The van der Waals surface area contributed by atoms with Gasteiger partial charge in [0, 0.05) is 5.56 Å². The molecule has 1 N–H and O–H groups in total. The highest BCUT2D eigenvalue weighted by Crippen LogP contribution is 2.27. The van der Waals surface area contributed by atoms with Crippen LogP contribution in [0.4, 0.5) is 0 Å². The highest BCUT2D eigenvalue weighted by Gasteiger charge is 2.02. The number of benzene rings is 3. The largest absolute Gasteiger partial charge is 0.507 e. The number of aromatic hydroxyl groups is 1. The van der Waals surface area contributed by atoms with Crippen molar-refractivity contribution in [1.29, 1.82) is 0 Å². The molecule has 0 spiro atoms. The topological polar surface area (TPSA) is 20.2 Å². The first-order valence-corrected chi connectivity index (χ1v) is 6.94. The molecule has 0 aliphatic carbocycles. The van der Waals surface area contributed by atoms with Crippen molar-refractivity contribution in [2.45, 2.75) is 0 Å². The van der Waals surface area contributed by atoms with Crippen molar-refractivity contribution < 1.29 is 5.11 Å². The Balaban J connectivity index is 1.94. The standard InChI is InChI=1S/C20H16O/c21-20-14-13-18(17-9-5-2-6-10-17)15-19(20)12-11-16-7-3-1-4-8-16/h1-15,21H. The summed E-state index contributed by atoms with van der Waals surface area (Å²) < 4.78 is 0. The van der Waals surface area contributed by atoms with Gasteiger partial charge in [0.05, 0.1) is 0 Å². The Morgan fingerprint density at radius 1 is 0.619 bits per heavy atom. The van der Waals surface area contributed by atoms with Crippen LogP contribution in [-0.2, 0) is 0 Å². The zero-order valence-corrected chi connectivity index (χ0v) is 11.6. The van der Waals surface area contributed by atoms with Crippen LogP contribution in [0, 0.1) is 0 Å². The molecule has 0 bridgehead atoms. The molecule has 3 aromatic rings. The zero-order chi connectivity index (χ0) is 14.5. The summed E-state index contributed by atoms with van der Waals surface area (Å²) in [6.45, 7) is 0. The van der Waals surface area contributed by atoms with E-state index in [2.05, 4.69) is 12.1 Å². The first-order chi connectivity index (χ1) is 10.3. The fourth-order valence-corrected chi connectivity index (χ4v) is 2.25. The first kappa shape index (κ1) is 13.2. The maximum Gasteiger partial charge on any atom is 0.122 e. The third-order valence-corrected chi connectivity index (χ3v) is 3.39. The molecule has 0 radical (unpaired) electrons. The Hall–Kier alpha value is -2.80. The molecule has 1 nitrogen and oxygen atoms in total. The normalized spacial score (nSPS) is 10.9. The van der Waals surface area contributed by atoms with Gasteiger partial charge in [0.25, 0.3) is 0 Å². The smallest absolute Gasteiger partial charge is 0.122 e. The number of hydrogen-bond acceptors (Lipinski definition) is 1. The van der Waals surface area contributed by atoms with Gasteiger partial charge in [0.2, 0.25) is 0 Å². The van der Waals surface area contributed by atoms with Crippen LogP contribution in [0.15, 0.2) is 78.9 Å². The lowest BCUT2D eigenvalue weighted by Gasteiger charge is -2.05. The highest BCUT2D eigenvalue weighted by molar-refractivity contribution is 5.76. The Labute approximate surface area is 124 Å². The highest BCUT2D eigenvalue weighted by atomic mass is 16.3. The zero-order valence-electron chi connectivity index (χ0n) is 11.6. The molecular formula is C20H16O. The van der Waals surface area contributed by atoms with Crippen LogP contribution < -0.4 is 0 Å². The van der Waals surface area contributed by atoms with Crippen LogP contribution in [0.2, 0.25) is 0 Å². The molecule has 0 fully saturated rings. The molecule has 21 heavy (non-hydrogen) atoms. The summed E-state index contributed by atoms with van der Waals surface area (Å²) in [5.74, 6) is 0.293. The molecule has 0 unspecified atom stereocenters. The van der Waals surface area contributed by atoms with Crippen LogP contribution >= 0.6 is 0 Å². The number of phenols is 1. The molecule has 0 amide bonds. The summed E-state index contributed by atoms with van der Waals surface area (Å²) in [7, 11) is 0. The van der Waals surface area contributed by atoms with E-state index in [1.807, 2.05) is 72.8 Å². The molecule has 0 saturated carbocycles. The van der Waals surface area contributed by atoms with Gasteiger partial charge in [-0.1, -0.05) is 78.9 Å². The summed E-state index contributed by atoms with van der Waals surface area (Å²) in [5.41, 5.74) is 4.18. The summed E-state index contributed by atoms with van der Waals surface area (Å²) in [5, 5.41) is 10.0. The molecule has 0 atom stereocenters. The van der Waals surface area contributed by atoms with Gasteiger partial charge >= 0.3 is 0 Å². The van der Waals surface area contributed by atoms with Crippen LogP contribution in [0.3, 0.4) is 0 Å².